The van der Waals surface area contributed by atoms with E-state index in [1.165, 1.54) is 44.2 Å². The molecule has 2 nitrogen and oxygen atoms in total. The highest BCUT2D eigenvalue weighted by atomic mass is 79.9. The van der Waals surface area contributed by atoms with Gasteiger partial charge < -0.3 is 0 Å². The van der Waals surface area contributed by atoms with Crippen LogP contribution in [-0.2, 0) is 6.54 Å². The molecular weight excluding hydrogens is 300 g/mol. The maximum atomic E-state index is 4.29. The topological polar surface area (TPSA) is 16.1 Å². The van der Waals surface area contributed by atoms with Crippen molar-refractivity contribution < 1.29 is 0 Å². The van der Waals surface area contributed by atoms with E-state index in [4.69, 9.17) is 0 Å². The van der Waals surface area contributed by atoms with E-state index in [9.17, 15) is 0 Å². The smallest absolute Gasteiger partial charge is 0.0410 e. The van der Waals surface area contributed by atoms with Crippen molar-refractivity contribution in [3.8, 4) is 0 Å². The summed E-state index contributed by atoms with van der Waals surface area (Å²) in [5, 5.41) is 0. The van der Waals surface area contributed by atoms with Crippen LogP contribution in [0.1, 0.15) is 51.5 Å². The Labute approximate surface area is 125 Å². The number of nitrogens with zero attached hydrogens (tertiary/aromatic N) is 2. The first-order valence-electron chi connectivity index (χ1n) is 7.48. The van der Waals surface area contributed by atoms with Gasteiger partial charge in [-0.2, -0.15) is 0 Å². The molecule has 0 amide bonds. The third-order valence-electron chi connectivity index (χ3n) is 3.98. The fraction of sp³-hybridized carbons (Fsp3) is 0.688. The molecule has 0 bridgehead atoms. The summed E-state index contributed by atoms with van der Waals surface area (Å²) in [7, 11) is 0. The minimum absolute atomic E-state index is 0.782. The molecule has 1 aliphatic carbocycles. The fourth-order valence-corrected chi connectivity index (χ4v) is 3.27. The van der Waals surface area contributed by atoms with Crippen molar-refractivity contribution in [1.82, 2.24) is 9.88 Å². The van der Waals surface area contributed by atoms with E-state index in [2.05, 4.69) is 45.7 Å². The van der Waals surface area contributed by atoms with Crippen LogP contribution in [0.4, 0.5) is 0 Å². The standard InChI is InChI=1S/C16H25BrN2/c1-13(2)7-8-19(16-5-3-4-6-16)12-14-9-15(17)11-18-10-14/h9-11,13,16H,3-8,12H2,1-2H3. The lowest BCUT2D eigenvalue weighted by atomic mass is 10.1. The minimum atomic E-state index is 0.782. The van der Waals surface area contributed by atoms with Crippen LogP contribution in [0.25, 0.3) is 0 Å². The van der Waals surface area contributed by atoms with Gasteiger partial charge in [-0.25, -0.2) is 0 Å². The molecule has 1 aromatic rings. The van der Waals surface area contributed by atoms with Gasteiger partial charge in [-0.3, -0.25) is 9.88 Å². The largest absolute Gasteiger partial charge is 0.296 e. The molecule has 19 heavy (non-hydrogen) atoms. The van der Waals surface area contributed by atoms with Crippen LogP contribution in [0.3, 0.4) is 0 Å². The van der Waals surface area contributed by atoms with E-state index in [1.807, 2.05) is 12.4 Å². The molecule has 0 N–H and O–H groups in total. The zero-order chi connectivity index (χ0) is 13.7. The summed E-state index contributed by atoms with van der Waals surface area (Å²) in [5.74, 6) is 0.782. The zero-order valence-corrected chi connectivity index (χ0v) is 13.7. The molecule has 0 unspecified atom stereocenters. The van der Waals surface area contributed by atoms with Crippen molar-refractivity contribution in [2.75, 3.05) is 6.54 Å². The highest BCUT2D eigenvalue weighted by molar-refractivity contribution is 9.10. The van der Waals surface area contributed by atoms with Crippen LogP contribution < -0.4 is 0 Å². The van der Waals surface area contributed by atoms with Gasteiger partial charge in [0.25, 0.3) is 0 Å². The van der Waals surface area contributed by atoms with Crippen molar-refractivity contribution in [2.45, 2.75) is 58.5 Å². The number of halogens is 1. The molecule has 0 aliphatic heterocycles. The SMILES string of the molecule is CC(C)CCN(Cc1cncc(Br)c1)C1CCCC1. The van der Waals surface area contributed by atoms with Gasteiger partial charge in [0.15, 0.2) is 0 Å². The lowest BCUT2D eigenvalue weighted by molar-refractivity contribution is 0.179. The van der Waals surface area contributed by atoms with Gasteiger partial charge in [0.1, 0.15) is 0 Å². The number of hydrogen-bond acceptors (Lipinski definition) is 2. The lowest BCUT2D eigenvalue weighted by Crippen LogP contribution is -2.34. The summed E-state index contributed by atoms with van der Waals surface area (Å²) in [6, 6.07) is 2.99. The Morgan fingerprint density at radius 1 is 1.32 bits per heavy atom. The maximum absolute atomic E-state index is 4.29. The summed E-state index contributed by atoms with van der Waals surface area (Å²) < 4.78 is 1.08. The summed E-state index contributed by atoms with van der Waals surface area (Å²) in [6.07, 6.45) is 10.7. The molecular formula is C16H25BrN2. The van der Waals surface area contributed by atoms with Gasteiger partial charge in [0.05, 0.1) is 0 Å². The first-order valence-corrected chi connectivity index (χ1v) is 8.28. The Morgan fingerprint density at radius 2 is 2.05 bits per heavy atom. The van der Waals surface area contributed by atoms with E-state index < -0.39 is 0 Å². The van der Waals surface area contributed by atoms with Crippen LogP contribution in [0.5, 0.6) is 0 Å². The molecule has 1 saturated carbocycles. The Balaban J connectivity index is 1.99. The third kappa shape index (κ3) is 4.88. The van der Waals surface area contributed by atoms with E-state index >= 15 is 0 Å². The predicted octanol–water partition coefficient (Wildman–Crippen LogP) is 4.63. The molecule has 0 saturated heterocycles. The summed E-state index contributed by atoms with van der Waals surface area (Å²) in [5.41, 5.74) is 1.32. The Bertz CT molecular complexity index is 386. The van der Waals surface area contributed by atoms with Crippen molar-refractivity contribution in [2.24, 2.45) is 5.92 Å². The molecule has 1 fully saturated rings. The Morgan fingerprint density at radius 3 is 2.68 bits per heavy atom. The summed E-state index contributed by atoms with van der Waals surface area (Å²) in [4.78, 5) is 6.96. The third-order valence-corrected chi connectivity index (χ3v) is 4.42. The Hall–Kier alpha value is -0.410. The highest BCUT2D eigenvalue weighted by Gasteiger charge is 2.22. The summed E-state index contributed by atoms with van der Waals surface area (Å²) in [6.45, 7) is 6.89. The van der Waals surface area contributed by atoms with Crippen LogP contribution >= 0.6 is 15.9 Å². The average Bonchev–Trinajstić information content (AvgIpc) is 2.88. The van der Waals surface area contributed by atoms with Crippen LogP contribution in [0.15, 0.2) is 22.9 Å². The second kappa shape index (κ2) is 7.39. The molecule has 0 atom stereocenters. The van der Waals surface area contributed by atoms with Crippen molar-refractivity contribution in [3.05, 3.63) is 28.5 Å². The van der Waals surface area contributed by atoms with E-state index in [-0.39, 0.29) is 0 Å². The molecule has 0 spiro atoms. The highest BCUT2D eigenvalue weighted by Crippen LogP contribution is 2.26. The second-order valence-electron chi connectivity index (χ2n) is 6.10. The molecule has 3 heteroatoms. The van der Waals surface area contributed by atoms with Gasteiger partial charge in [-0.1, -0.05) is 26.7 Å². The number of hydrogen-bond donors (Lipinski definition) is 0. The molecule has 106 valence electrons. The van der Waals surface area contributed by atoms with Crippen molar-refractivity contribution >= 4 is 15.9 Å². The predicted molar refractivity (Wildman–Crippen MR) is 84.1 cm³/mol. The molecule has 1 heterocycles. The Kier molecular flexibility index (Phi) is 5.83. The van der Waals surface area contributed by atoms with E-state index in [0.29, 0.717) is 0 Å². The van der Waals surface area contributed by atoms with Gasteiger partial charge in [0, 0.05) is 29.5 Å². The minimum Gasteiger partial charge on any atom is -0.296 e. The molecule has 0 radical (unpaired) electrons. The van der Waals surface area contributed by atoms with Crippen LogP contribution in [-0.4, -0.2) is 22.5 Å². The quantitative estimate of drug-likeness (QED) is 0.758. The average molecular weight is 325 g/mol. The molecule has 1 aromatic heterocycles. The first kappa shape index (κ1) is 15.0. The number of pyridine rings is 1. The zero-order valence-electron chi connectivity index (χ0n) is 12.1. The van der Waals surface area contributed by atoms with Gasteiger partial charge in [0.2, 0.25) is 0 Å². The fourth-order valence-electron chi connectivity index (χ4n) is 2.86. The molecule has 2 rings (SSSR count). The monoisotopic (exact) mass is 324 g/mol. The van der Waals surface area contributed by atoms with E-state index in [1.54, 1.807) is 0 Å². The van der Waals surface area contributed by atoms with Crippen molar-refractivity contribution in [3.63, 3.8) is 0 Å². The van der Waals surface area contributed by atoms with Gasteiger partial charge >= 0.3 is 0 Å². The van der Waals surface area contributed by atoms with Gasteiger partial charge in [-0.15, -0.1) is 0 Å². The molecule has 0 aromatic carbocycles. The number of aromatic nitrogens is 1. The van der Waals surface area contributed by atoms with Crippen LogP contribution in [0, 0.1) is 5.92 Å². The normalized spacial score (nSPS) is 16.7. The lowest BCUT2D eigenvalue weighted by Gasteiger charge is -2.29. The number of rotatable bonds is 6. The molecule has 1 aliphatic rings. The van der Waals surface area contributed by atoms with E-state index in [0.717, 1.165) is 23.0 Å². The first-order chi connectivity index (χ1) is 9.15. The van der Waals surface area contributed by atoms with Crippen LogP contribution in [0.2, 0.25) is 0 Å². The van der Waals surface area contributed by atoms with Gasteiger partial charge in [-0.05, 0) is 59.3 Å². The second-order valence-corrected chi connectivity index (χ2v) is 7.02. The summed E-state index contributed by atoms with van der Waals surface area (Å²) >= 11 is 3.52. The maximum Gasteiger partial charge on any atom is 0.0410 e. The van der Waals surface area contributed by atoms with Crippen molar-refractivity contribution in [1.29, 1.82) is 0 Å².